The second-order valence-corrected chi connectivity index (χ2v) is 6.75. The van der Waals surface area contributed by atoms with Crippen LogP contribution in [0.25, 0.3) is 0 Å². The van der Waals surface area contributed by atoms with Gasteiger partial charge in [-0.3, -0.25) is 15.1 Å². The van der Waals surface area contributed by atoms with Gasteiger partial charge in [-0.2, -0.15) is 0 Å². The second-order valence-electron chi connectivity index (χ2n) is 6.75. The van der Waals surface area contributed by atoms with Crippen molar-refractivity contribution in [3.8, 4) is 0 Å². The van der Waals surface area contributed by atoms with E-state index in [0.29, 0.717) is 13.0 Å². The van der Waals surface area contributed by atoms with Crippen LogP contribution in [0, 0.1) is 11.3 Å². The molecule has 2 atom stereocenters. The molecule has 0 aromatic heterocycles. The van der Waals surface area contributed by atoms with Gasteiger partial charge in [0.05, 0.1) is 7.11 Å². The number of carbonyl (C=O) groups is 1. The van der Waals surface area contributed by atoms with E-state index in [1.165, 1.54) is 7.11 Å². The molecular formula is C16H30N2O3. The molecule has 1 aliphatic rings. The Hall–Kier alpha value is -1.10. The molecule has 2 unspecified atom stereocenters. The van der Waals surface area contributed by atoms with Crippen LogP contribution in [0.5, 0.6) is 0 Å². The summed E-state index contributed by atoms with van der Waals surface area (Å²) >= 11 is 0. The molecule has 0 bridgehead atoms. The average Bonchev–Trinajstić information content (AvgIpc) is 2.80. The summed E-state index contributed by atoms with van der Waals surface area (Å²) in [6.07, 6.45) is 4.00. The summed E-state index contributed by atoms with van der Waals surface area (Å²) in [6, 6.07) is -0.249. The van der Waals surface area contributed by atoms with Gasteiger partial charge in [-0.1, -0.05) is 19.8 Å². The molecule has 5 heteroatoms. The average molecular weight is 298 g/mol. The summed E-state index contributed by atoms with van der Waals surface area (Å²) in [5, 5.41) is 7.85. The van der Waals surface area contributed by atoms with Crippen LogP contribution in [0.1, 0.15) is 53.4 Å². The minimum Gasteiger partial charge on any atom is -0.484 e. The molecule has 0 amide bonds. The smallest absolute Gasteiger partial charge is 0.323 e. The summed E-state index contributed by atoms with van der Waals surface area (Å²) < 4.78 is 10.6. The van der Waals surface area contributed by atoms with Gasteiger partial charge in [0.15, 0.2) is 5.90 Å². The highest BCUT2D eigenvalue weighted by atomic mass is 16.6. The minimum atomic E-state index is -0.473. The fourth-order valence-corrected chi connectivity index (χ4v) is 2.69. The molecule has 0 spiro atoms. The Balaban J connectivity index is 2.70. The van der Waals surface area contributed by atoms with Crippen molar-refractivity contribution < 1.29 is 14.3 Å². The lowest BCUT2D eigenvalue weighted by atomic mass is 10.1. The number of esters is 1. The lowest BCUT2D eigenvalue weighted by Crippen LogP contribution is -2.40. The molecule has 1 rings (SSSR count). The van der Waals surface area contributed by atoms with E-state index >= 15 is 0 Å². The summed E-state index contributed by atoms with van der Waals surface area (Å²) in [5.74, 6) is 0.0843. The summed E-state index contributed by atoms with van der Waals surface area (Å²) in [4.78, 5) is 14.5. The highest BCUT2D eigenvalue weighted by Gasteiger charge is 2.40. The van der Waals surface area contributed by atoms with E-state index in [9.17, 15) is 4.79 Å². The van der Waals surface area contributed by atoms with Crippen LogP contribution < -0.4 is 0 Å². The van der Waals surface area contributed by atoms with E-state index in [1.807, 2.05) is 20.8 Å². The van der Waals surface area contributed by atoms with Crippen molar-refractivity contribution >= 4 is 11.9 Å². The Labute approximate surface area is 128 Å². The fraction of sp³-hybridized carbons (Fsp3) is 0.875. The van der Waals surface area contributed by atoms with Gasteiger partial charge in [-0.05, 0) is 40.2 Å². The zero-order valence-corrected chi connectivity index (χ0v) is 14.1. The summed E-state index contributed by atoms with van der Waals surface area (Å²) in [6.45, 7) is 9.41. The molecule has 122 valence electrons. The Kier molecular flexibility index (Phi) is 6.65. The van der Waals surface area contributed by atoms with Crippen molar-refractivity contribution in [1.82, 2.24) is 4.90 Å². The van der Waals surface area contributed by atoms with E-state index in [1.54, 1.807) is 0 Å². The van der Waals surface area contributed by atoms with Crippen molar-refractivity contribution in [2.75, 3.05) is 20.2 Å². The molecule has 0 aromatic carbocycles. The predicted octanol–water partition coefficient (Wildman–Crippen LogP) is 2.83. The molecule has 1 aliphatic heterocycles. The van der Waals surface area contributed by atoms with Gasteiger partial charge < -0.3 is 9.47 Å². The maximum Gasteiger partial charge on any atom is 0.323 e. The van der Waals surface area contributed by atoms with Crippen LogP contribution >= 0.6 is 0 Å². The standard InChI is InChI=1S/C16H30N2O3/c1-6-7-8-9-18-11-12(14(17)20-5)10-13(18)15(19)21-16(2,3)4/h12-13,17H,6-11H2,1-5H3. The monoisotopic (exact) mass is 298 g/mol. The molecule has 1 N–H and O–H groups in total. The van der Waals surface area contributed by atoms with Gasteiger partial charge in [0.2, 0.25) is 0 Å². The first-order chi connectivity index (χ1) is 9.78. The normalized spacial score (nSPS) is 23.1. The van der Waals surface area contributed by atoms with Crippen LogP contribution in [0.2, 0.25) is 0 Å². The highest BCUT2D eigenvalue weighted by Crippen LogP contribution is 2.27. The van der Waals surface area contributed by atoms with Gasteiger partial charge in [-0.25, -0.2) is 0 Å². The number of nitrogens with zero attached hydrogens (tertiary/aromatic N) is 1. The van der Waals surface area contributed by atoms with E-state index < -0.39 is 5.60 Å². The van der Waals surface area contributed by atoms with Crippen molar-refractivity contribution in [2.45, 2.75) is 65.0 Å². The molecule has 21 heavy (non-hydrogen) atoms. The third-order valence-corrected chi connectivity index (χ3v) is 3.72. The van der Waals surface area contributed by atoms with Crippen LogP contribution in [0.4, 0.5) is 0 Å². The lowest BCUT2D eigenvalue weighted by Gasteiger charge is -2.27. The van der Waals surface area contributed by atoms with Crippen molar-refractivity contribution in [1.29, 1.82) is 5.41 Å². The topological polar surface area (TPSA) is 62.6 Å². The van der Waals surface area contributed by atoms with E-state index in [0.717, 1.165) is 25.8 Å². The first kappa shape index (κ1) is 18.0. The Bertz CT molecular complexity index is 363. The number of likely N-dealkylation sites (tertiary alicyclic amines) is 1. The van der Waals surface area contributed by atoms with Gasteiger partial charge in [-0.15, -0.1) is 0 Å². The zero-order valence-electron chi connectivity index (χ0n) is 14.1. The van der Waals surface area contributed by atoms with E-state index in [-0.39, 0.29) is 23.8 Å². The molecule has 1 saturated heterocycles. The van der Waals surface area contributed by atoms with E-state index in [2.05, 4.69) is 11.8 Å². The molecule has 1 heterocycles. The largest absolute Gasteiger partial charge is 0.484 e. The van der Waals surface area contributed by atoms with Gasteiger partial charge in [0.1, 0.15) is 11.6 Å². The SMILES string of the molecule is CCCCCN1CC(C(=N)OC)CC1C(=O)OC(C)(C)C. The highest BCUT2D eigenvalue weighted by molar-refractivity contribution is 5.81. The molecule has 0 aliphatic carbocycles. The minimum absolute atomic E-state index is 0.00542. The molecular weight excluding hydrogens is 268 g/mol. The fourth-order valence-electron chi connectivity index (χ4n) is 2.69. The number of carbonyl (C=O) groups excluding carboxylic acids is 1. The van der Waals surface area contributed by atoms with Crippen LogP contribution in [0.15, 0.2) is 0 Å². The van der Waals surface area contributed by atoms with Crippen molar-refractivity contribution in [3.63, 3.8) is 0 Å². The van der Waals surface area contributed by atoms with Crippen LogP contribution in [0.3, 0.4) is 0 Å². The van der Waals surface area contributed by atoms with Crippen molar-refractivity contribution in [2.24, 2.45) is 5.92 Å². The summed E-state index contributed by atoms with van der Waals surface area (Å²) in [5.41, 5.74) is -0.473. The lowest BCUT2D eigenvalue weighted by molar-refractivity contribution is -0.160. The molecule has 1 fully saturated rings. The maximum absolute atomic E-state index is 12.4. The van der Waals surface area contributed by atoms with E-state index in [4.69, 9.17) is 14.9 Å². The number of rotatable bonds is 6. The van der Waals surface area contributed by atoms with Crippen molar-refractivity contribution in [3.05, 3.63) is 0 Å². The molecule has 0 radical (unpaired) electrons. The summed E-state index contributed by atoms with van der Waals surface area (Å²) in [7, 11) is 1.52. The molecule has 0 saturated carbocycles. The number of hydrogen-bond donors (Lipinski definition) is 1. The first-order valence-electron chi connectivity index (χ1n) is 7.87. The van der Waals surface area contributed by atoms with Crippen LogP contribution in [-0.4, -0.2) is 48.6 Å². The molecule has 5 nitrogen and oxygen atoms in total. The quantitative estimate of drug-likeness (QED) is 0.354. The Morgan fingerprint density at radius 2 is 2.00 bits per heavy atom. The molecule has 0 aromatic rings. The number of nitrogens with one attached hydrogen (secondary N) is 1. The Morgan fingerprint density at radius 3 is 2.52 bits per heavy atom. The first-order valence-corrected chi connectivity index (χ1v) is 7.87. The third kappa shape index (κ3) is 5.65. The number of hydrogen-bond acceptors (Lipinski definition) is 5. The van der Waals surface area contributed by atoms with Crippen LogP contribution in [-0.2, 0) is 14.3 Å². The number of methoxy groups -OCH3 is 1. The number of ether oxygens (including phenoxy) is 2. The van der Waals surface area contributed by atoms with Gasteiger partial charge >= 0.3 is 5.97 Å². The van der Waals surface area contributed by atoms with Gasteiger partial charge in [0, 0.05) is 12.5 Å². The predicted molar refractivity (Wildman–Crippen MR) is 83.6 cm³/mol. The third-order valence-electron chi connectivity index (χ3n) is 3.72. The second kappa shape index (κ2) is 7.78. The Morgan fingerprint density at radius 1 is 1.33 bits per heavy atom. The zero-order chi connectivity index (χ0) is 16.0. The van der Waals surface area contributed by atoms with Gasteiger partial charge in [0.25, 0.3) is 0 Å². The number of unbranched alkanes of at least 4 members (excludes halogenated alkanes) is 2. The maximum atomic E-state index is 12.4.